The first-order valence-corrected chi connectivity index (χ1v) is 26.3. The predicted octanol–water partition coefficient (Wildman–Crippen LogP) is 13.4. The first-order chi connectivity index (χ1) is 35.5. The third-order valence-electron chi connectivity index (χ3n) is 13.2. The molecule has 0 saturated heterocycles. The van der Waals surface area contributed by atoms with Gasteiger partial charge in [-0.05, 0) is 143 Å². The molecule has 2 aromatic heterocycles. The highest BCUT2D eigenvalue weighted by atomic mass is 32.1. The minimum atomic E-state index is -0.642. The van der Waals surface area contributed by atoms with E-state index in [1.807, 2.05) is 49.4 Å². The van der Waals surface area contributed by atoms with Crippen molar-refractivity contribution in [2.75, 3.05) is 31.4 Å². The SMILES string of the molecule is C=CC(=O)OCCCCCCOc1ccc(C(=O)Oc2ccc(OC(=O)c3ccc(C4CCC(CCCC(C)CCOC(=O)C(=C)C)CC4)cc3)cc2/C=N/N(CC)c2nc3ccc4ccccc4c3s2)cn1. The fraction of sp³-hybridized carbons (Fsp3) is 0.373. The van der Waals surface area contributed by atoms with Crippen molar-refractivity contribution in [3.8, 4) is 17.4 Å². The number of esters is 4. The average molecular weight is 1010 g/mol. The Kier molecular flexibility index (Phi) is 19.8. The first-order valence-electron chi connectivity index (χ1n) is 25.5. The highest BCUT2D eigenvalue weighted by molar-refractivity contribution is 7.23. The normalized spacial score (nSPS) is 14.9. The van der Waals surface area contributed by atoms with E-state index in [-0.39, 0.29) is 23.0 Å². The lowest BCUT2D eigenvalue weighted by molar-refractivity contribution is -0.139. The number of nitrogens with zero attached hydrogens (tertiary/aromatic N) is 4. The second-order valence-electron chi connectivity index (χ2n) is 18.7. The molecule has 1 aliphatic rings. The van der Waals surface area contributed by atoms with Crippen LogP contribution in [-0.4, -0.2) is 66.4 Å². The van der Waals surface area contributed by atoms with E-state index in [1.165, 1.54) is 37.4 Å². The predicted molar refractivity (Wildman–Crippen MR) is 288 cm³/mol. The molecule has 0 aliphatic heterocycles. The molecule has 1 atom stereocenters. The number of anilines is 1. The molecule has 0 spiro atoms. The van der Waals surface area contributed by atoms with E-state index >= 15 is 0 Å². The molecule has 4 aromatic carbocycles. The summed E-state index contributed by atoms with van der Waals surface area (Å²) in [4.78, 5) is 59.3. The van der Waals surface area contributed by atoms with E-state index in [0.29, 0.717) is 71.8 Å². The van der Waals surface area contributed by atoms with Crippen molar-refractivity contribution in [2.24, 2.45) is 16.9 Å². The number of unbranched alkanes of at least 4 members (excludes halogenated alkanes) is 3. The van der Waals surface area contributed by atoms with E-state index in [2.05, 4.69) is 43.3 Å². The number of carbonyl (C=O) groups excluding carboxylic acids is 4. The van der Waals surface area contributed by atoms with Crippen molar-refractivity contribution in [1.29, 1.82) is 0 Å². The molecule has 13 nitrogen and oxygen atoms in total. The summed E-state index contributed by atoms with van der Waals surface area (Å²) in [6.07, 6.45) is 16.5. The minimum absolute atomic E-state index is 0.201. The van der Waals surface area contributed by atoms with Gasteiger partial charge in [0, 0.05) is 41.4 Å². The Bertz CT molecular complexity index is 2870. The number of thiazole rings is 1. The molecular weight excluding hydrogens is 941 g/mol. The van der Waals surface area contributed by atoms with Crippen LogP contribution in [0.3, 0.4) is 0 Å². The van der Waals surface area contributed by atoms with Gasteiger partial charge in [0.05, 0.1) is 47.4 Å². The first kappa shape index (κ1) is 53.6. The number of fused-ring (bicyclic) bond motifs is 3. The Balaban J connectivity index is 0.969. The Morgan fingerprint density at radius 1 is 0.822 bits per heavy atom. The summed E-state index contributed by atoms with van der Waals surface area (Å²) in [6.45, 7) is 14.7. The maximum Gasteiger partial charge on any atom is 0.345 e. The molecule has 73 heavy (non-hydrogen) atoms. The summed E-state index contributed by atoms with van der Waals surface area (Å²) in [5, 5.41) is 9.52. The maximum atomic E-state index is 13.6. The molecule has 6 aromatic rings. The lowest BCUT2D eigenvalue weighted by Gasteiger charge is -2.29. The van der Waals surface area contributed by atoms with Crippen LogP contribution in [-0.2, 0) is 19.1 Å². The largest absolute Gasteiger partial charge is 0.478 e. The number of hydrogen-bond acceptors (Lipinski definition) is 14. The maximum absolute atomic E-state index is 13.6. The van der Waals surface area contributed by atoms with Gasteiger partial charge in [-0.2, -0.15) is 5.10 Å². The van der Waals surface area contributed by atoms with Gasteiger partial charge < -0.3 is 23.7 Å². The molecule has 382 valence electrons. The summed E-state index contributed by atoms with van der Waals surface area (Å²) in [6, 6.07) is 28.0. The number of benzene rings is 4. The highest BCUT2D eigenvalue weighted by Gasteiger charge is 2.23. The number of carbonyl (C=O) groups is 4. The zero-order valence-corrected chi connectivity index (χ0v) is 43.0. The Morgan fingerprint density at radius 2 is 1.58 bits per heavy atom. The summed E-state index contributed by atoms with van der Waals surface area (Å²) in [5.74, 6) is 0.611. The van der Waals surface area contributed by atoms with Crippen LogP contribution < -0.4 is 19.2 Å². The summed E-state index contributed by atoms with van der Waals surface area (Å²) in [7, 11) is 0. The van der Waals surface area contributed by atoms with Gasteiger partial charge in [0.25, 0.3) is 0 Å². The topological polar surface area (TPSA) is 156 Å². The number of rotatable bonds is 26. The Labute approximate surface area is 432 Å². The van der Waals surface area contributed by atoms with Crippen LogP contribution in [0.25, 0.3) is 21.0 Å². The number of ether oxygens (including phenoxy) is 5. The molecule has 0 N–H and O–H groups in total. The van der Waals surface area contributed by atoms with E-state index in [4.69, 9.17) is 33.8 Å². The Morgan fingerprint density at radius 3 is 2.32 bits per heavy atom. The van der Waals surface area contributed by atoms with Gasteiger partial charge in [0.15, 0.2) is 0 Å². The molecule has 14 heteroatoms. The van der Waals surface area contributed by atoms with Crippen molar-refractivity contribution >= 4 is 67.5 Å². The molecule has 1 unspecified atom stereocenters. The molecule has 1 aliphatic carbocycles. The standard InChI is InChI=1S/C59H66N4O9S/c1-6-54(64)69-35-13-9-8-12-34-68-53-32-28-47(38-60-53)58(67)72-52-31-29-49(37-48(52)39-61-63(7-2)59-62-51-30-27-45-17-10-11-18-50(45)55(51)73-59)71-57(66)46-25-23-44(24-26-46)43-21-19-42(20-22-43)16-14-15-41(5)33-36-70-56(65)40(3)4/h6,10-11,17-18,23-32,37-39,41-43H,1,3,7-9,12-16,19-22,33-36H2,2,4-5H3/b61-39+. The fourth-order valence-electron chi connectivity index (χ4n) is 8.86. The van der Waals surface area contributed by atoms with Crippen molar-refractivity contribution in [2.45, 2.75) is 104 Å². The zero-order valence-electron chi connectivity index (χ0n) is 42.2. The molecule has 1 saturated carbocycles. The lowest BCUT2D eigenvalue weighted by atomic mass is 9.76. The van der Waals surface area contributed by atoms with Crippen LogP contribution in [0.5, 0.6) is 17.4 Å². The second kappa shape index (κ2) is 27.0. The van der Waals surface area contributed by atoms with Gasteiger partial charge in [-0.15, -0.1) is 0 Å². The van der Waals surface area contributed by atoms with Crippen LogP contribution >= 0.6 is 11.3 Å². The van der Waals surface area contributed by atoms with E-state index in [9.17, 15) is 19.2 Å². The zero-order chi connectivity index (χ0) is 51.5. The molecule has 0 amide bonds. The molecule has 1 fully saturated rings. The van der Waals surface area contributed by atoms with E-state index in [0.717, 1.165) is 78.4 Å². The summed E-state index contributed by atoms with van der Waals surface area (Å²) >= 11 is 1.54. The van der Waals surface area contributed by atoms with Gasteiger partial charge in [-0.3, -0.25) is 0 Å². The quantitative estimate of drug-likeness (QED) is 0.0127. The van der Waals surface area contributed by atoms with Gasteiger partial charge in [0.2, 0.25) is 11.0 Å². The number of aromatic nitrogens is 2. The summed E-state index contributed by atoms with van der Waals surface area (Å²) in [5.41, 5.74) is 3.57. The second-order valence-corrected chi connectivity index (χ2v) is 19.6. The van der Waals surface area contributed by atoms with Crippen LogP contribution in [0.1, 0.15) is 136 Å². The number of pyridine rings is 1. The van der Waals surface area contributed by atoms with Gasteiger partial charge in [-0.25, -0.2) is 34.2 Å². The Hall–Kier alpha value is -7.19. The monoisotopic (exact) mass is 1010 g/mol. The highest BCUT2D eigenvalue weighted by Crippen LogP contribution is 2.39. The van der Waals surface area contributed by atoms with Crippen LogP contribution in [0.15, 0.2) is 127 Å². The van der Waals surface area contributed by atoms with Gasteiger partial charge in [-0.1, -0.05) is 93.1 Å². The van der Waals surface area contributed by atoms with Crippen molar-refractivity contribution in [3.05, 3.63) is 144 Å². The van der Waals surface area contributed by atoms with Crippen molar-refractivity contribution < 1.29 is 42.9 Å². The molecule has 0 bridgehead atoms. The van der Waals surface area contributed by atoms with Crippen LogP contribution in [0.4, 0.5) is 5.13 Å². The smallest absolute Gasteiger partial charge is 0.345 e. The molecule has 7 rings (SSSR count). The fourth-order valence-corrected chi connectivity index (χ4v) is 9.99. The van der Waals surface area contributed by atoms with Crippen molar-refractivity contribution in [3.63, 3.8) is 0 Å². The van der Waals surface area contributed by atoms with Gasteiger partial charge >= 0.3 is 23.9 Å². The number of hydrogen-bond donors (Lipinski definition) is 0. The molecular formula is C59H66N4O9S. The lowest BCUT2D eigenvalue weighted by Crippen LogP contribution is -2.16. The van der Waals surface area contributed by atoms with Crippen molar-refractivity contribution in [1.82, 2.24) is 9.97 Å². The summed E-state index contributed by atoms with van der Waals surface area (Å²) < 4.78 is 29.0. The van der Waals surface area contributed by atoms with E-state index < -0.39 is 17.9 Å². The third kappa shape index (κ3) is 15.7. The van der Waals surface area contributed by atoms with Crippen LogP contribution in [0, 0.1) is 11.8 Å². The number of hydrazone groups is 1. The van der Waals surface area contributed by atoms with Crippen LogP contribution in [0.2, 0.25) is 0 Å². The van der Waals surface area contributed by atoms with Gasteiger partial charge in [0.1, 0.15) is 11.5 Å². The molecule has 0 radical (unpaired) electrons. The van der Waals surface area contributed by atoms with E-state index in [1.54, 1.807) is 59.8 Å². The third-order valence-corrected chi connectivity index (χ3v) is 14.3. The average Bonchev–Trinajstić information content (AvgIpc) is 3.85. The minimum Gasteiger partial charge on any atom is -0.478 e. The molecule has 2 heterocycles.